The lowest BCUT2D eigenvalue weighted by Crippen LogP contribution is -2.52. The third kappa shape index (κ3) is 4.61. The number of piperazine rings is 1. The number of non-ortho nitro benzene ring substituents is 1. The quantitative estimate of drug-likeness (QED) is 0.570. The smallest absolute Gasteiger partial charge is 0.271 e. The standard InChI is InChI=1S/C20H28N4O4/c1-2-4-19(25)22-9-7-16(8-10-22)20(26)23-13-11-21(12-14-23)17-5-3-6-18(15-17)24(27)28/h3,5-6,15-16H,2,4,7-14H2,1H3. The predicted molar refractivity (Wildman–Crippen MR) is 106 cm³/mol. The SMILES string of the molecule is CCCC(=O)N1CCC(C(=O)N2CCN(c3cccc([N+](=O)[O-])c3)CC2)CC1. The number of nitro groups is 1. The number of hydrogen-bond donors (Lipinski definition) is 0. The van der Waals surface area contributed by atoms with Crippen molar-refractivity contribution in [1.82, 2.24) is 9.80 Å². The number of rotatable bonds is 5. The molecule has 1 aromatic carbocycles. The Kier molecular flexibility index (Phi) is 6.49. The number of nitrogens with zero attached hydrogens (tertiary/aromatic N) is 4. The molecule has 0 bridgehead atoms. The van der Waals surface area contributed by atoms with Crippen LogP contribution in [0.15, 0.2) is 24.3 Å². The van der Waals surface area contributed by atoms with Crippen LogP contribution < -0.4 is 4.90 Å². The van der Waals surface area contributed by atoms with Crippen molar-refractivity contribution in [1.29, 1.82) is 0 Å². The fourth-order valence-corrected chi connectivity index (χ4v) is 3.99. The second-order valence-corrected chi connectivity index (χ2v) is 7.49. The van der Waals surface area contributed by atoms with Gasteiger partial charge in [0.2, 0.25) is 11.8 Å². The molecule has 2 aliphatic rings. The number of nitro benzene ring substituents is 1. The summed E-state index contributed by atoms with van der Waals surface area (Å²) in [5, 5.41) is 11.0. The first kappa shape index (κ1) is 20.1. The van der Waals surface area contributed by atoms with Gasteiger partial charge in [-0.3, -0.25) is 19.7 Å². The number of likely N-dealkylation sites (tertiary alicyclic amines) is 1. The van der Waals surface area contributed by atoms with Crippen LogP contribution in [0.3, 0.4) is 0 Å². The maximum atomic E-state index is 12.9. The Morgan fingerprint density at radius 2 is 1.75 bits per heavy atom. The number of piperidine rings is 1. The summed E-state index contributed by atoms with van der Waals surface area (Å²) in [4.78, 5) is 41.3. The lowest BCUT2D eigenvalue weighted by Gasteiger charge is -2.39. The average molecular weight is 388 g/mol. The number of amides is 2. The molecule has 2 amide bonds. The molecule has 2 aliphatic heterocycles. The molecule has 0 N–H and O–H groups in total. The first-order valence-electron chi connectivity index (χ1n) is 10.1. The Morgan fingerprint density at radius 3 is 2.36 bits per heavy atom. The maximum absolute atomic E-state index is 12.9. The summed E-state index contributed by atoms with van der Waals surface area (Å²) >= 11 is 0. The van der Waals surface area contributed by atoms with Gasteiger partial charge >= 0.3 is 0 Å². The van der Waals surface area contributed by atoms with Gasteiger partial charge in [0.05, 0.1) is 4.92 Å². The Balaban J connectivity index is 1.50. The van der Waals surface area contributed by atoms with Crippen LogP contribution in [0.5, 0.6) is 0 Å². The minimum Gasteiger partial charge on any atom is -0.368 e. The molecular formula is C20H28N4O4. The molecule has 8 heteroatoms. The van der Waals surface area contributed by atoms with Gasteiger partial charge in [-0.25, -0.2) is 0 Å². The highest BCUT2D eigenvalue weighted by atomic mass is 16.6. The Bertz CT molecular complexity index is 723. The van der Waals surface area contributed by atoms with E-state index in [1.165, 1.54) is 6.07 Å². The van der Waals surface area contributed by atoms with Gasteiger partial charge in [0.25, 0.3) is 5.69 Å². The van der Waals surface area contributed by atoms with Crippen molar-refractivity contribution in [2.24, 2.45) is 5.92 Å². The van der Waals surface area contributed by atoms with E-state index in [4.69, 9.17) is 0 Å². The van der Waals surface area contributed by atoms with Gasteiger partial charge in [-0.1, -0.05) is 13.0 Å². The molecule has 0 spiro atoms. The Hall–Kier alpha value is -2.64. The summed E-state index contributed by atoms with van der Waals surface area (Å²) in [6, 6.07) is 6.63. The zero-order valence-corrected chi connectivity index (χ0v) is 16.4. The van der Waals surface area contributed by atoms with Crippen molar-refractivity contribution in [3.8, 4) is 0 Å². The van der Waals surface area contributed by atoms with Crippen molar-refractivity contribution < 1.29 is 14.5 Å². The van der Waals surface area contributed by atoms with Gasteiger partial charge in [-0.05, 0) is 25.3 Å². The summed E-state index contributed by atoms with van der Waals surface area (Å²) in [7, 11) is 0. The van der Waals surface area contributed by atoms with Crippen LogP contribution in [0.4, 0.5) is 11.4 Å². The molecule has 0 saturated carbocycles. The van der Waals surface area contributed by atoms with E-state index in [1.54, 1.807) is 12.1 Å². The van der Waals surface area contributed by atoms with Crippen molar-refractivity contribution in [3.05, 3.63) is 34.4 Å². The second-order valence-electron chi connectivity index (χ2n) is 7.49. The normalized spacial score (nSPS) is 18.2. The van der Waals surface area contributed by atoms with E-state index in [0.717, 1.165) is 24.9 Å². The molecule has 0 unspecified atom stereocenters. The zero-order chi connectivity index (χ0) is 20.1. The lowest BCUT2D eigenvalue weighted by molar-refractivity contribution is -0.384. The third-order valence-corrected chi connectivity index (χ3v) is 5.66. The summed E-state index contributed by atoms with van der Waals surface area (Å²) in [6.07, 6.45) is 2.91. The van der Waals surface area contributed by atoms with Crippen LogP contribution in [0, 0.1) is 16.0 Å². The van der Waals surface area contributed by atoms with Crippen LogP contribution in [-0.4, -0.2) is 65.8 Å². The molecule has 152 valence electrons. The van der Waals surface area contributed by atoms with Gasteiger partial charge in [0.15, 0.2) is 0 Å². The highest BCUT2D eigenvalue weighted by Gasteiger charge is 2.31. The van der Waals surface area contributed by atoms with Crippen molar-refractivity contribution in [2.45, 2.75) is 32.6 Å². The van der Waals surface area contributed by atoms with E-state index < -0.39 is 0 Å². The zero-order valence-electron chi connectivity index (χ0n) is 16.4. The minimum atomic E-state index is -0.388. The van der Waals surface area contributed by atoms with Gasteiger partial charge in [-0.15, -0.1) is 0 Å². The van der Waals surface area contributed by atoms with E-state index in [0.29, 0.717) is 45.7 Å². The van der Waals surface area contributed by atoms with Crippen molar-refractivity contribution in [3.63, 3.8) is 0 Å². The first-order valence-corrected chi connectivity index (χ1v) is 10.1. The lowest BCUT2D eigenvalue weighted by atomic mass is 9.94. The van der Waals surface area contributed by atoms with Gasteiger partial charge in [-0.2, -0.15) is 0 Å². The van der Waals surface area contributed by atoms with Gasteiger partial charge in [0, 0.05) is 69.4 Å². The van der Waals surface area contributed by atoms with Crippen molar-refractivity contribution >= 4 is 23.2 Å². The van der Waals surface area contributed by atoms with Crippen LogP contribution in [-0.2, 0) is 9.59 Å². The minimum absolute atomic E-state index is 0.00459. The van der Waals surface area contributed by atoms with Gasteiger partial charge in [0.1, 0.15) is 0 Å². The van der Waals surface area contributed by atoms with E-state index in [2.05, 4.69) is 4.90 Å². The summed E-state index contributed by atoms with van der Waals surface area (Å²) < 4.78 is 0. The molecule has 8 nitrogen and oxygen atoms in total. The number of carbonyl (C=O) groups is 2. The molecule has 0 aromatic heterocycles. The van der Waals surface area contributed by atoms with Crippen LogP contribution in [0.25, 0.3) is 0 Å². The molecule has 2 saturated heterocycles. The molecule has 0 radical (unpaired) electrons. The molecule has 28 heavy (non-hydrogen) atoms. The van der Waals surface area contributed by atoms with Crippen LogP contribution in [0.2, 0.25) is 0 Å². The molecule has 0 atom stereocenters. The highest BCUT2D eigenvalue weighted by Crippen LogP contribution is 2.24. The highest BCUT2D eigenvalue weighted by molar-refractivity contribution is 5.80. The predicted octanol–water partition coefficient (Wildman–Crippen LogP) is 2.28. The summed E-state index contributed by atoms with van der Waals surface area (Å²) in [5.41, 5.74) is 0.907. The fraction of sp³-hybridized carbons (Fsp3) is 0.600. The Labute approximate surface area is 165 Å². The number of benzene rings is 1. The molecule has 2 fully saturated rings. The summed E-state index contributed by atoms with van der Waals surface area (Å²) in [6.45, 7) is 5.92. The Morgan fingerprint density at radius 1 is 1.07 bits per heavy atom. The van der Waals surface area contributed by atoms with E-state index >= 15 is 0 Å². The van der Waals surface area contributed by atoms with Gasteiger partial charge < -0.3 is 14.7 Å². The second kappa shape index (κ2) is 9.03. The molecule has 3 rings (SSSR count). The largest absolute Gasteiger partial charge is 0.368 e. The van der Waals surface area contributed by atoms with E-state index in [9.17, 15) is 19.7 Å². The molecule has 2 heterocycles. The van der Waals surface area contributed by atoms with E-state index in [1.807, 2.05) is 22.8 Å². The van der Waals surface area contributed by atoms with E-state index in [-0.39, 0.29) is 28.3 Å². The number of hydrogen-bond acceptors (Lipinski definition) is 5. The van der Waals surface area contributed by atoms with Crippen LogP contribution >= 0.6 is 0 Å². The monoisotopic (exact) mass is 388 g/mol. The topological polar surface area (TPSA) is 87.0 Å². The number of anilines is 1. The molecule has 1 aromatic rings. The molecular weight excluding hydrogens is 360 g/mol. The van der Waals surface area contributed by atoms with Crippen molar-refractivity contribution in [2.75, 3.05) is 44.2 Å². The van der Waals surface area contributed by atoms with Crippen LogP contribution in [0.1, 0.15) is 32.6 Å². The first-order chi connectivity index (χ1) is 13.5. The summed E-state index contributed by atoms with van der Waals surface area (Å²) in [5.74, 6) is 0.371. The third-order valence-electron chi connectivity index (χ3n) is 5.66. The average Bonchev–Trinajstić information content (AvgIpc) is 2.73. The maximum Gasteiger partial charge on any atom is 0.271 e. The molecule has 0 aliphatic carbocycles. The fourth-order valence-electron chi connectivity index (χ4n) is 3.99. The number of carbonyl (C=O) groups excluding carboxylic acids is 2.